The molecule has 1 N–H and O–H groups in total. The second-order valence-electron chi connectivity index (χ2n) is 5.05. The summed E-state index contributed by atoms with van der Waals surface area (Å²) in [6.45, 7) is 1.83. The minimum Gasteiger partial charge on any atom is -0.356 e. The lowest BCUT2D eigenvalue weighted by Gasteiger charge is -2.16. The summed E-state index contributed by atoms with van der Waals surface area (Å²) in [5, 5.41) is 2.68. The van der Waals surface area contributed by atoms with E-state index < -0.39 is 0 Å². The number of carbonyl (C=O) groups excluding carboxylic acids is 1. The summed E-state index contributed by atoms with van der Waals surface area (Å²) in [5.41, 5.74) is -0.273. The fraction of sp³-hybridized carbons (Fsp3) is 0.357. The summed E-state index contributed by atoms with van der Waals surface area (Å²) in [6, 6.07) is 3.05. The van der Waals surface area contributed by atoms with Crippen molar-refractivity contribution in [3.8, 4) is 0 Å². The van der Waals surface area contributed by atoms with Gasteiger partial charge in [0.25, 0.3) is 5.56 Å². The highest BCUT2D eigenvalue weighted by Gasteiger charge is 2.14. The molecular formula is C14H16N6O2. The first-order valence-corrected chi connectivity index (χ1v) is 7.10. The van der Waals surface area contributed by atoms with E-state index in [9.17, 15) is 9.59 Å². The molecule has 0 radical (unpaired) electrons. The van der Waals surface area contributed by atoms with Crippen LogP contribution in [-0.2, 0) is 11.3 Å². The number of anilines is 2. The molecule has 0 aliphatic carbocycles. The number of nitrogens with zero attached hydrogens (tertiary/aromatic N) is 5. The van der Waals surface area contributed by atoms with Crippen LogP contribution in [-0.4, -0.2) is 38.5 Å². The van der Waals surface area contributed by atoms with Gasteiger partial charge in [-0.05, 0) is 12.8 Å². The van der Waals surface area contributed by atoms with Crippen molar-refractivity contribution < 1.29 is 4.79 Å². The van der Waals surface area contributed by atoms with E-state index in [1.807, 2.05) is 0 Å². The smallest absolute Gasteiger partial charge is 0.253 e. The molecule has 0 unspecified atom stereocenters. The zero-order chi connectivity index (χ0) is 15.4. The van der Waals surface area contributed by atoms with E-state index in [0.717, 1.165) is 31.7 Å². The van der Waals surface area contributed by atoms with Gasteiger partial charge in [-0.25, -0.2) is 15.0 Å². The number of nitrogens with one attached hydrogen (secondary N) is 1. The van der Waals surface area contributed by atoms with Crippen LogP contribution in [0.4, 0.5) is 11.6 Å². The molecule has 22 heavy (non-hydrogen) atoms. The average Bonchev–Trinajstić information content (AvgIpc) is 3.04. The summed E-state index contributed by atoms with van der Waals surface area (Å²) in [6.07, 6.45) is 6.45. The number of carbonyl (C=O) groups is 1. The van der Waals surface area contributed by atoms with Gasteiger partial charge in [0.2, 0.25) is 5.91 Å². The lowest BCUT2D eigenvalue weighted by atomic mass is 10.4. The molecule has 1 saturated heterocycles. The molecule has 0 spiro atoms. The van der Waals surface area contributed by atoms with Crippen molar-refractivity contribution in [2.75, 3.05) is 23.3 Å². The number of aromatic nitrogens is 4. The summed E-state index contributed by atoms with van der Waals surface area (Å²) >= 11 is 0. The van der Waals surface area contributed by atoms with Gasteiger partial charge in [-0.2, -0.15) is 0 Å². The molecule has 3 heterocycles. The maximum absolute atomic E-state index is 12.0. The Hall–Kier alpha value is -2.77. The Morgan fingerprint density at radius 1 is 1.27 bits per heavy atom. The van der Waals surface area contributed by atoms with Crippen molar-refractivity contribution in [1.29, 1.82) is 0 Å². The zero-order valence-electron chi connectivity index (χ0n) is 12.0. The third kappa shape index (κ3) is 3.27. The van der Waals surface area contributed by atoms with Crippen LogP contribution in [0.5, 0.6) is 0 Å². The van der Waals surface area contributed by atoms with E-state index >= 15 is 0 Å². The quantitative estimate of drug-likeness (QED) is 0.871. The molecule has 0 bridgehead atoms. The lowest BCUT2D eigenvalue weighted by molar-refractivity contribution is -0.116. The van der Waals surface area contributed by atoms with Gasteiger partial charge in [-0.3, -0.25) is 14.2 Å². The fourth-order valence-electron chi connectivity index (χ4n) is 2.37. The molecule has 1 amide bonds. The summed E-state index contributed by atoms with van der Waals surface area (Å²) in [5.74, 6) is 0.904. The van der Waals surface area contributed by atoms with Gasteiger partial charge in [0.1, 0.15) is 24.5 Å². The Morgan fingerprint density at radius 3 is 2.86 bits per heavy atom. The van der Waals surface area contributed by atoms with Crippen molar-refractivity contribution in [2.45, 2.75) is 19.4 Å². The van der Waals surface area contributed by atoms with Crippen LogP contribution in [0.2, 0.25) is 0 Å². The standard InChI is InChI=1S/C14H16N6O2/c21-13(8-20-10-15-4-3-14(20)22)18-11-7-12(17-9-16-11)19-5-1-2-6-19/h3-4,7,9-10H,1-2,5-6,8H2,(H,16,17,18,21). The predicted molar refractivity (Wildman–Crippen MR) is 80.6 cm³/mol. The van der Waals surface area contributed by atoms with Crippen molar-refractivity contribution in [1.82, 2.24) is 19.5 Å². The third-order valence-electron chi connectivity index (χ3n) is 3.46. The highest BCUT2D eigenvalue weighted by Crippen LogP contribution is 2.19. The first-order chi connectivity index (χ1) is 10.7. The maximum Gasteiger partial charge on any atom is 0.253 e. The van der Waals surface area contributed by atoms with Crippen molar-refractivity contribution in [3.63, 3.8) is 0 Å². The van der Waals surface area contributed by atoms with Gasteiger partial charge >= 0.3 is 0 Å². The minimum atomic E-state index is -0.332. The molecule has 8 nitrogen and oxygen atoms in total. The first kappa shape index (κ1) is 14.2. The van der Waals surface area contributed by atoms with Crippen LogP contribution in [0.25, 0.3) is 0 Å². The molecule has 0 aromatic carbocycles. The van der Waals surface area contributed by atoms with Crippen LogP contribution >= 0.6 is 0 Å². The highest BCUT2D eigenvalue weighted by molar-refractivity contribution is 5.89. The van der Waals surface area contributed by atoms with Crippen LogP contribution in [0.15, 0.2) is 35.8 Å². The van der Waals surface area contributed by atoms with E-state index in [4.69, 9.17) is 0 Å². The predicted octanol–water partition coefficient (Wildman–Crippen LogP) is 0.272. The van der Waals surface area contributed by atoms with Crippen LogP contribution in [0, 0.1) is 0 Å². The van der Waals surface area contributed by atoms with Gasteiger partial charge in [-0.1, -0.05) is 0 Å². The Morgan fingerprint density at radius 2 is 2.09 bits per heavy atom. The molecular weight excluding hydrogens is 284 g/mol. The Balaban J connectivity index is 1.67. The Bertz CT molecular complexity index is 723. The SMILES string of the molecule is O=C(Cn1cnccc1=O)Nc1cc(N2CCCC2)ncn1. The summed E-state index contributed by atoms with van der Waals surface area (Å²) in [4.78, 5) is 37.8. The van der Waals surface area contributed by atoms with Gasteiger partial charge < -0.3 is 10.2 Å². The summed E-state index contributed by atoms with van der Waals surface area (Å²) < 4.78 is 1.23. The fourth-order valence-corrected chi connectivity index (χ4v) is 2.37. The largest absolute Gasteiger partial charge is 0.356 e. The number of hydrogen-bond acceptors (Lipinski definition) is 6. The van der Waals surface area contributed by atoms with Gasteiger partial charge in [-0.15, -0.1) is 0 Å². The average molecular weight is 300 g/mol. The lowest BCUT2D eigenvalue weighted by Crippen LogP contribution is -2.27. The van der Waals surface area contributed by atoms with Gasteiger partial charge in [0.15, 0.2) is 0 Å². The van der Waals surface area contributed by atoms with E-state index in [2.05, 4.69) is 25.2 Å². The van der Waals surface area contributed by atoms with E-state index in [1.54, 1.807) is 6.07 Å². The third-order valence-corrected chi connectivity index (χ3v) is 3.46. The molecule has 0 atom stereocenters. The van der Waals surface area contributed by atoms with E-state index in [1.165, 1.54) is 29.5 Å². The zero-order valence-corrected chi connectivity index (χ0v) is 12.0. The minimum absolute atomic E-state index is 0.101. The molecule has 2 aromatic heterocycles. The molecule has 0 saturated carbocycles. The highest BCUT2D eigenvalue weighted by atomic mass is 16.2. The van der Waals surface area contributed by atoms with Crippen molar-refractivity contribution >= 4 is 17.5 Å². The number of rotatable bonds is 4. The molecule has 3 rings (SSSR count). The van der Waals surface area contributed by atoms with Crippen LogP contribution < -0.4 is 15.8 Å². The Labute approximate surface area is 126 Å². The topological polar surface area (TPSA) is 93.0 Å². The second kappa shape index (κ2) is 6.33. The molecule has 1 aliphatic rings. The Kier molecular flexibility index (Phi) is 4.08. The molecule has 8 heteroatoms. The molecule has 114 valence electrons. The van der Waals surface area contributed by atoms with Crippen molar-refractivity contribution in [3.05, 3.63) is 41.3 Å². The second-order valence-corrected chi connectivity index (χ2v) is 5.05. The van der Waals surface area contributed by atoms with Crippen molar-refractivity contribution in [2.24, 2.45) is 0 Å². The number of amides is 1. The van der Waals surface area contributed by atoms with E-state index in [-0.39, 0.29) is 18.0 Å². The monoisotopic (exact) mass is 300 g/mol. The molecule has 1 aliphatic heterocycles. The first-order valence-electron chi connectivity index (χ1n) is 7.10. The molecule has 1 fully saturated rings. The van der Waals surface area contributed by atoms with Gasteiger partial charge in [0, 0.05) is 31.4 Å². The summed E-state index contributed by atoms with van der Waals surface area (Å²) in [7, 11) is 0. The normalized spacial score (nSPS) is 14.1. The van der Waals surface area contributed by atoms with Gasteiger partial charge in [0.05, 0.1) is 6.33 Å². The maximum atomic E-state index is 12.0. The molecule has 2 aromatic rings. The van der Waals surface area contributed by atoms with E-state index in [0.29, 0.717) is 5.82 Å². The van der Waals surface area contributed by atoms with Crippen LogP contribution in [0.1, 0.15) is 12.8 Å². The number of hydrogen-bond donors (Lipinski definition) is 1. The van der Waals surface area contributed by atoms with Crippen LogP contribution in [0.3, 0.4) is 0 Å².